The molecule has 4 aromatic rings. The number of aromatic amines is 1. The fourth-order valence-corrected chi connectivity index (χ4v) is 4.08. The van der Waals surface area contributed by atoms with Crippen LogP contribution in [0.2, 0.25) is 0 Å². The third-order valence-electron chi connectivity index (χ3n) is 5.89. The molecule has 13 heteroatoms. The van der Waals surface area contributed by atoms with Crippen molar-refractivity contribution in [1.29, 1.82) is 0 Å². The fraction of sp³-hybridized carbons (Fsp3) is 0.208. The summed E-state index contributed by atoms with van der Waals surface area (Å²) in [5, 5.41) is 2.92. The molecule has 1 aliphatic rings. The van der Waals surface area contributed by atoms with E-state index >= 15 is 0 Å². The summed E-state index contributed by atoms with van der Waals surface area (Å²) in [6.45, 7) is 1.75. The number of H-pyrrole nitrogens is 1. The second kappa shape index (κ2) is 9.56. The van der Waals surface area contributed by atoms with Crippen LogP contribution >= 0.6 is 0 Å². The molecular weight excluding hydrogens is 499 g/mol. The average molecular weight is 518 g/mol. The van der Waals surface area contributed by atoms with E-state index in [1.165, 1.54) is 18.3 Å². The van der Waals surface area contributed by atoms with Crippen molar-refractivity contribution in [3.8, 4) is 11.5 Å². The average Bonchev–Trinajstić information content (AvgIpc) is 3.27. The maximum atomic E-state index is 13.9. The zero-order valence-corrected chi connectivity index (χ0v) is 19.0. The second-order valence-corrected chi connectivity index (χ2v) is 8.25. The van der Waals surface area contributed by atoms with Gasteiger partial charge >= 0.3 is 12.2 Å². The van der Waals surface area contributed by atoms with Gasteiger partial charge in [0.15, 0.2) is 11.4 Å². The molecule has 0 unspecified atom stereocenters. The second-order valence-electron chi connectivity index (χ2n) is 8.25. The summed E-state index contributed by atoms with van der Waals surface area (Å²) >= 11 is 0. The highest BCUT2D eigenvalue weighted by Crippen LogP contribution is 2.36. The molecular formula is C24H19F5N6O2. The molecule has 0 aliphatic carbocycles. The Labute approximate surface area is 206 Å². The van der Waals surface area contributed by atoms with Crippen LogP contribution in [0.4, 0.5) is 38.1 Å². The van der Waals surface area contributed by atoms with Crippen molar-refractivity contribution in [3.05, 3.63) is 72.4 Å². The molecule has 3 heterocycles. The van der Waals surface area contributed by atoms with Crippen molar-refractivity contribution in [2.24, 2.45) is 0 Å². The van der Waals surface area contributed by atoms with Gasteiger partial charge in [-0.05, 0) is 30.3 Å². The lowest BCUT2D eigenvalue weighted by molar-refractivity contribution is -0.142. The number of hydrogen-bond acceptors (Lipinski definition) is 5. The number of aromatic nitrogens is 3. The fourth-order valence-electron chi connectivity index (χ4n) is 4.08. The number of hydrogen-bond donors (Lipinski definition) is 2. The minimum Gasteiger partial charge on any atom is -0.453 e. The highest BCUT2D eigenvalue weighted by molar-refractivity contribution is 6.01. The molecule has 0 spiro atoms. The SMILES string of the molecule is O=C(Nc1c[nH]c2c(F)cc(F)cc12)N1CCN(c2ccc(Oc3cncnc3C(F)(F)F)cc2)CC1. The van der Waals surface area contributed by atoms with Gasteiger partial charge in [0.05, 0.1) is 17.4 Å². The van der Waals surface area contributed by atoms with Gasteiger partial charge < -0.3 is 24.8 Å². The van der Waals surface area contributed by atoms with Gasteiger partial charge in [-0.1, -0.05) is 0 Å². The van der Waals surface area contributed by atoms with Crippen LogP contribution in [0, 0.1) is 11.6 Å². The van der Waals surface area contributed by atoms with Crippen molar-refractivity contribution in [3.63, 3.8) is 0 Å². The van der Waals surface area contributed by atoms with E-state index in [-0.39, 0.29) is 22.3 Å². The van der Waals surface area contributed by atoms with Gasteiger partial charge in [-0.25, -0.2) is 23.5 Å². The Bertz CT molecular complexity index is 1430. The molecule has 2 aromatic heterocycles. The lowest BCUT2D eigenvalue weighted by atomic mass is 10.2. The van der Waals surface area contributed by atoms with E-state index in [0.717, 1.165) is 30.3 Å². The number of alkyl halides is 3. The molecule has 2 aromatic carbocycles. The lowest BCUT2D eigenvalue weighted by Gasteiger charge is -2.36. The number of ether oxygens (including phenoxy) is 1. The van der Waals surface area contributed by atoms with E-state index in [1.54, 1.807) is 17.0 Å². The molecule has 0 atom stereocenters. The quantitative estimate of drug-likeness (QED) is 0.354. The summed E-state index contributed by atoms with van der Waals surface area (Å²) in [4.78, 5) is 25.9. The highest BCUT2D eigenvalue weighted by Gasteiger charge is 2.36. The zero-order chi connectivity index (χ0) is 26.2. The maximum Gasteiger partial charge on any atom is 0.437 e. The van der Waals surface area contributed by atoms with Crippen molar-refractivity contribution >= 4 is 28.3 Å². The molecule has 37 heavy (non-hydrogen) atoms. The molecule has 0 radical (unpaired) electrons. The topological polar surface area (TPSA) is 86.4 Å². The van der Waals surface area contributed by atoms with Gasteiger partial charge in [0.2, 0.25) is 0 Å². The third-order valence-corrected chi connectivity index (χ3v) is 5.89. The van der Waals surface area contributed by atoms with Crippen molar-refractivity contribution in [2.45, 2.75) is 6.18 Å². The van der Waals surface area contributed by atoms with Gasteiger partial charge in [0.1, 0.15) is 23.7 Å². The predicted octanol–water partition coefficient (Wildman–Crippen LogP) is 5.40. The number of nitrogens with one attached hydrogen (secondary N) is 2. The summed E-state index contributed by atoms with van der Waals surface area (Å²) < 4.78 is 72.2. The lowest BCUT2D eigenvalue weighted by Crippen LogP contribution is -2.50. The molecule has 1 aliphatic heterocycles. The van der Waals surface area contributed by atoms with Crippen LogP contribution in [0.15, 0.2) is 55.1 Å². The Morgan fingerprint density at radius 1 is 1.05 bits per heavy atom. The first-order valence-corrected chi connectivity index (χ1v) is 11.1. The Balaban J connectivity index is 1.19. The predicted molar refractivity (Wildman–Crippen MR) is 125 cm³/mol. The van der Waals surface area contributed by atoms with Crippen LogP contribution in [0.25, 0.3) is 10.9 Å². The number of benzene rings is 2. The smallest absolute Gasteiger partial charge is 0.437 e. The van der Waals surface area contributed by atoms with Crippen LogP contribution in [-0.2, 0) is 6.18 Å². The molecule has 2 N–H and O–H groups in total. The van der Waals surface area contributed by atoms with Gasteiger partial charge in [0.25, 0.3) is 0 Å². The summed E-state index contributed by atoms with van der Waals surface area (Å²) in [7, 11) is 0. The van der Waals surface area contributed by atoms with Crippen molar-refractivity contribution in [2.75, 3.05) is 36.4 Å². The van der Waals surface area contributed by atoms with E-state index in [2.05, 4.69) is 20.3 Å². The van der Waals surface area contributed by atoms with Gasteiger partial charge in [0, 0.05) is 49.5 Å². The monoisotopic (exact) mass is 518 g/mol. The first-order chi connectivity index (χ1) is 17.7. The van der Waals surface area contributed by atoms with E-state index < -0.39 is 35.3 Å². The molecule has 0 bridgehead atoms. The number of piperazine rings is 1. The summed E-state index contributed by atoms with van der Waals surface area (Å²) in [5.41, 5.74) is 0.0107. The number of carbonyl (C=O) groups is 1. The number of anilines is 2. The minimum absolute atomic E-state index is 0.100. The van der Waals surface area contributed by atoms with E-state index in [4.69, 9.17) is 4.74 Å². The zero-order valence-electron chi connectivity index (χ0n) is 19.0. The van der Waals surface area contributed by atoms with Crippen LogP contribution in [0.5, 0.6) is 11.5 Å². The van der Waals surface area contributed by atoms with Crippen molar-refractivity contribution in [1.82, 2.24) is 19.9 Å². The Morgan fingerprint density at radius 2 is 1.78 bits per heavy atom. The minimum atomic E-state index is -4.68. The molecule has 5 rings (SSSR count). The van der Waals surface area contributed by atoms with E-state index in [0.29, 0.717) is 26.2 Å². The number of rotatable bonds is 4. The molecule has 8 nitrogen and oxygen atoms in total. The number of carbonyl (C=O) groups excluding carboxylic acids is 1. The largest absolute Gasteiger partial charge is 0.453 e. The third kappa shape index (κ3) is 5.10. The van der Waals surface area contributed by atoms with Crippen LogP contribution < -0.4 is 15.0 Å². The van der Waals surface area contributed by atoms with Crippen molar-refractivity contribution < 1.29 is 31.5 Å². The Hall–Kier alpha value is -4.42. The molecule has 1 saturated heterocycles. The summed E-state index contributed by atoms with van der Waals surface area (Å²) in [6, 6.07) is 7.99. The number of halogens is 5. The van der Waals surface area contributed by atoms with Gasteiger partial charge in [-0.3, -0.25) is 0 Å². The highest BCUT2D eigenvalue weighted by atomic mass is 19.4. The molecule has 1 fully saturated rings. The van der Waals surface area contributed by atoms with Gasteiger partial charge in [-0.2, -0.15) is 13.2 Å². The Kier molecular flexibility index (Phi) is 6.27. The van der Waals surface area contributed by atoms with Crippen LogP contribution in [0.1, 0.15) is 5.69 Å². The van der Waals surface area contributed by atoms with E-state index in [1.807, 2.05) is 4.90 Å². The standard InChI is InChI=1S/C24H19F5N6O2/c25-14-9-17-19(11-31-21(17)18(26)10-14)33-23(36)35-7-5-34(6-8-35)15-1-3-16(4-2-15)37-20-12-30-13-32-22(20)24(27,28)29/h1-4,9-13,31H,5-8H2,(H,33,36). The Morgan fingerprint density at radius 3 is 2.49 bits per heavy atom. The summed E-state index contributed by atoms with van der Waals surface area (Å²) in [6.07, 6.45) is -1.51. The van der Waals surface area contributed by atoms with Crippen LogP contribution in [0.3, 0.4) is 0 Å². The summed E-state index contributed by atoms with van der Waals surface area (Å²) in [5.74, 6) is -1.81. The van der Waals surface area contributed by atoms with Crippen LogP contribution in [-0.4, -0.2) is 52.1 Å². The molecule has 192 valence electrons. The first kappa shape index (κ1) is 24.3. The molecule has 0 saturated carbocycles. The number of nitrogens with zero attached hydrogens (tertiary/aromatic N) is 4. The first-order valence-electron chi connectivity index (χ1n) is 11.1. The normalized spacial score (nSPS) is 14.2. The number of urea groups is 1. The van der Waals surface area contributed by atoms with E-state index in [9.17, 15) is 26.7 Å². The molecule has 2 amide bonds. The number of fused-ring (bicyclic) bond motifs is 1. The maximum absolute atomic E-state index is 13.9. The van der Waals surface area contributed by atoms with Gasteiger partial charge in [-0.15, -0.1) is 0 Å². The number of amides is 2.